The quantitative estimate of drug-likeness (QED) is 0.0503. The molecule has 0 saturated heterocycles. The lowest BCUT2D eigenvalue weighted by Gasteiger charge is -2.16. The van der Waals surface area contributed by atoms with E-state index in [9.17, 15) is 0 Å². The van der Waals surface area contributed by atoms with Gasteiger partial charge in [-0.3, -0.25) is 5.84 Å². The van der Waals surface area contributed by atoms with Gasteiger partial charge in [0.05, 0.1) is 0 Å². The van der Waals surface area contributed by atoms with Crippen molar-refractivity contribution >= 4 is 0 Å². The minimum Gasteiger partial charge on any atom is -0.269 e. The molecule has 0 aliphatic carbocycles. The van der Waals surface area contributed by atoms with Crippen molar-refractivity contribution < 1.29 is 0 Å². The Balaban J connectivity index is 3.13. The maximum Gasteiger partial charge on any atom is 0.0128 e. The first-order valence-electron chi connectivity index (χ1n) is 18.3. The molecule has 0 saturated carbocycles. The first-order chi connectivity index (χ1) is 18.8. The predicted octanol–water partition coefficient (Wildman–Crippen LogP) is 12.7. The van der Waals surface area contributed by atoms with E-state index in [4.69, 9.17) is 5.84 Å². The maximum absolute atomic E-state index is 6.23. The molecule has 0 bridgehead atoms. The molecule has 0 spiro atoms. The van der Waals surface area contributed by atoms with Crippen LogP contribution in [-0.2, 0) is 0 Å². The molecule has 0 amide bonds. The molecule has 0 aliphatic heterocycles. The van der Waals surface area contributed by atoms with Crippen molar-refractivity contribution in [3.05, 3.63) is 0 Å². The number of hydrogen-bond donors (Lipinski definition) is 1. The molecule has 0 aromatic carbocycles. The van der Waals surface area contributed by atoms with Crippen LogP contribution in [0, 0.1) is 0 Å². The molecule has 0 aromatic heterocycles. The van der Waals surface area contributed by atoms with Gasteiger partial charge in [0.1, 0.15) is 0 Å². The lowest BCUT2D eigenvalue weighted by molar-refractivity contribution is 0.268. The Hall–Kier alpha value is -0.0800. The number of hydrazine groups is 1. The number of hydrogen-bond acceptors (Lipinski definition) is 2. The fraction of sp³-hybridized carbons (Fsp3) is 1.00. The molecule has 0 fully saturated rings. The van der Waals surface area contributed by atoms with Crippen molar-refractivity contribution in [3.8, 4) is 0 Å². The van der Waals surface area contributed by atoms with Crippen molar-refractivity contribution in [1.82, 2.24) is 5.01 Å². The second-order valence-corrected chi connectivity index (χ2v) is 12.6. The first kappa shape index (κ1) is 37.9. The van der Waals surface area contributed by atoms with E-state index >= 15 is 0 Å². The minimum atomic E-state index is 1.09. The van der Waals surface area contributed by atoms with Crippen molar-refractivity contribution in [2.24, 2.45) is 5.84 Å². The average molecular weight is 537 g/mol. The van der Waals surface area contributed by atoms with Crippen LogP contribution in [0.25, 0.3) is 0 Å². The van der Waals surface area contributed by atoms with Crippen LogP contribution >= 0.6 is 0 Å². The molecule has 230 valence electrons. The molecule has 0 aromatic rings. The van der Waals surface area contributed by atoms with Crippen molar-refractivity contribution in [2.75, 3.05) is 13.1 Å². The molecular formula is C36H76N2. The Kier molecular flexibility index (Phi) is 34.9. The van der Waals surface area contributed by atoms with Crippen LogP contribution in [-0.4, -0.2) is 18.1 Å². The number of rotatable bonds is 34. The van der Waals surface area contributed by atoms with E-state index in [2.05, 4.69) is 18.9 Å². The van der Waals surface area contributed by atoms with Gasteiger partial charge >= 0.3 is 0 Å². The summed E-state index contributed by atoms with van der Waals surface area (Å²) < 4.78 is 0. The zero-order chi connectivity index (χ0) is 27.6. The summed E-state index contributed by atoms with van der Waals surface area (Å²) in [6.07, 6.45) is 45.9. The van der Waals surface area contributed by atoms with Crippen LogP contribution in [0.1, 0.15) is 219 Å². The normalized spacial score (nSPS) is 11.7. The van der Waals surface area contributed by atoms with Crippen LogP contribution in [0.15, 0.2) is 0 Å². The predicted molar refractivity (Wildman–Crippen MR) is 175 cm³/mol. The second-order valence-electron chi connectivity index (χ2n) is 12.6. The third-order valence-electron chi connectivity index (χ3n) is 8.60. The standard InChI is InChI=1S/C36H76N2/c1-3-5-7-9-11-13-15-17-19-21-23-25-27-29-31-33-35-38(37)36-34-32-30-28-26-24-22-20-18-16-14-12-10-8-6-4-2/h3-37H2,1-2H3. The Morgan fingerprint density at radius 1 is 0.263 bits per heavy atom. The highest BCUT2D eigenvalue weighted by Gasteiger charge is 2.00. The van der Waals surface area contributed by atoms with E-state index < -0.39 is 0 Å². The summed E-state index contributed by atoms with van der Waals surface area (Å²) in [6, 6.07) is 0. The van der Waals surface area contributed by atoms with E-state index in [-0.39, 0.29) is 0 Å². The van der Waals surface area contributed by atoms with Gasteiger partial charge in [-0.1, -0.05) is 206 Å². The maximum atomic E-state index is 6.23. The van der Waals surface area contributed by atoms with Crippen LogP contribution < -0.4 is 5.84 Å². The lowest BCUT2D eigenvalue weighted by Crippen LogP contribution is -2.32. The van der Waals surface area contributed by atoms with Crippen LogP contribution in [0.4, 0.5) is 0 Å². The Morgan fingerprint density at radius 3 is 0.605 bits per heavy atom. The number of unbranched alkanes of at least 4 members (excludes halogenated alkanes) is 30. The van der Waals surface area contributed by atoms with Gasteiger partial charge in [0.25, 0.3) is 0 Å². The monoisotopic (exact) mass is 537 g/mol. The van der Waals surface area contributed by atoms with Gasteiger partial charge in [0.15, 0.2) is 0 Å². The van der Waals surface area contributed by atoms with Gasteiger partial charge in [0.2, 0.25) is 0 Å². The van der Waals surface area contributed by atoms with Crippen LogP contribution in [0.2, 0.25) is 0 Å². The zero-order valence-electron chi connectivity index (χ0n) is 27.1. The van der Waals surface area contributed by atoms with E-state index in [1.54, 1.807) is 0 Å². The summed E-state index contributed by atoms with van der Waals surface area (Å²) >= 11 is 0. The first-order valence-corrected chi connectivity index (χ1v) is 18.3. The molecular weight excluding hydrogens is 460 g/mol. The van der Waals surface area contributed by atoms with Gasteiger partial charge in [0, 0.05) is 13.1 Å². The molecule has 0 heterocycles. The summed E-state index contributed by atoms with van der Waals surface area (Å²) in [6.45, 7) is 6.79. The second kappa shape index (κ2) is 34.9. The van der Waals surface area contributed by atoms with Gasteiger partial charge in [-0.2, -0.15) is 0 Å². The fourth-order valence-electron chi connectivity index (χ4n) is 5.84. The highest BCUT2D eigenvalue weighted by atomic mass is 15.4. The molecule has 0 atom stereocenters. The molecule has 2 heteroatoms. The third kappa shape index (κ3) is 33.9. The zero-order valence-corrected chi connectivity index (χ0v) is 27.1. The minimum absolute atomic E-state index is 1.09. The van der Waals surface area contributed by atoms with Crippen molar-refractivity contribution in [3.63, 3.8) is 0 Å². The van der Waals surface area contributed by atoms with Crippen LogP contribution in [0.5, 0.6) is 0 Å². The summed E-state index contributed by atoms with van der Waals surface area (Å²) in [5, 5.41) is 2.09. The summed E-state index contributed by atoms with van der Waals surface area (Å²) in [5.41, 5.74) is 0. The molecule has 0 unspecified atom stereocenters. The summed E-state index contributed by atoms with van der Waals surface area (Å²) in [5.74, 6) is 6.23. The van der Waals surface area contributed by atoms with Crippen molar-refractivity contribution in [1.29, 1.82) is 0 Å². The SMILES string of the molecule is CCCCCCCCCCCCCCCCCCN(N)CCCCCCCCCCCCCCCCCC. The molecule has 2 nitrogen and oxygen atoms in total. The molecule has 38 heavy (non-hydrogen) atoms. The largest absolute Gasteiger partial charge is 0.269 e. The van der Waals surface area contributed by atoms with Gasteiger partial charge in [-0.15, -0.1) is 0 Å². The Morgan fingerprint density at radius 2 is 0.421 bits per heavy atom. The Bertz CT molecular complexity index is 361. The average Bonchev–Trinajstić information content (AvgIpc) is 2.92. The Labute approximate surface area is 243 Å². The van der Waals surface area contributed by atoms with E-state index in [0.717, 1.165) is 13.1 Å². The van der Waals surface area contributed by atoms with Gasteiger partial charge in [-0.25, -0.2) is 5.01 Å². The van der Waals surface area contributed by atoms with Gasteiger partial charge in [-0.05, 0) is 12.8 Å². The van der Waals surface area contributed by atoms with E-state index in [1.165, 1.54) is 205 Å². The number of nitrogens with two attached hydrogens (primary N) is 1. The lowest BCUT2D eigenvalue weighted by atomic mass is 10.0. The molecule has 0 aliphatic rings. The highest BCUT2D eigenvalue weighted by Crippen LogP contribution is 2.15. The van der Waals surface area contributed by atoms with Crippen molar-refractivity contribution in [2.45, 2.75) is 219 Å². The van der Waals surface area contributed by atoms with Crippen LogP contribution in [0.3, 0.4) is 0 Å². The summed E-state index contributed by atoms with van der Waals surface area (Å²) in [7, 11) is 0. The smallest absolute Gasteiger partial charge is 0.0128 e. The fourth-order valence-corrected chi connectivity index (χ4v) is 5.84. The number of nitrogens with zero attached hydrogens (tertiary/aromatic N) is 1. The summed E-state index contributed by atoms with van der Waals surface area (Å²) in [4.78, 5) is 0. The topological polar surface area (TPSA) is 29.3 Å². The molecule has 0 radical (unpaired) electrons. The van der Waals surface area contributed by atoms with E-state index in [0.29, 0.717) is 0 Å². The molecule has 0 rings (SSSR count). The molecule has 2 N–H and O–H groups in total. The van der Waals surface area contributed by atoms with E-state index in [1.807, 2.05) is 0 Å². The van der Waals surface area contributed by atoms with Gasteiger partial charge < -0.3 is 0 Å². The third-order valence-corrected chi connectivity index (χ3v) is 8.60. The highest BCUT2D eigenvalue weighted by molar-refractivity contribution is 4.55.